The van der Waals surface area contributed by atoms with Crippen LogP contribution in [0.2, 0.25) is 0 Å². The third-order valence-electron chi connectivity index (χ3n) is 3.12. The summed E-state index contributed by atoms with van der Waals surface area (Å²) >= 11 is 0. The fourth-order valence-corrected chi connectivity index (χ4v) is 2.29. The van der Waals surface area contributed by atoms with E-state index in [0.29, 0.717) is 6.54 Å². The van der Waals surface area contributed by atoms with Crippen molar-refractivity contribution >= 4 is 5.97 Å². The molecule has 1 fully saturated rings. The molecule has 18 heavy (non-hydrogen) atoms. The molecule has 1 rings (SSSR count). The minimum atomic E-state index is -0.792. The number of nitrogens with one attached hydrogen (secondary N) is 1. The van der Waals surface area contributed by atoms with Gasteiger partial charge in [-0.2, -0.15) is 0 Å². The van der Waals surface area contributed by atoms with Crippen LogP contribution in [0.25, 0.3) is 0 Å². The minimum absolute atomic E-state index is 0.172. The maximum Gasteiger partial charge on any atom is 0.322 e. The largest absolute Gasteiger partial charge is 0.480 e. The third kappa shape index (κ3) is 5.80. The van der Waals surface area contributed by atoms with Crippen LogP contribution in [0.15, 0.2) is 0 Å². The topological polar surface area (TPSA) is 61.8 Å². The van der Waals surface area contributed by atoms with Gasteiger partial charge in [-0.25, -0.2) is 0 Å². The Labute approximate surface area is 109 Å². The molecular formula is C13H26N2O3. The smallest absolute Gasteiger partial charge is 0.322 e. The van der Waals surface area contributed by atoms with Crippen LogP contribution in [0, 0.1) is 0 Å². The van der Waals surface area contributed by atoms with Crippen molar-refractivity contribution in [2.45, 2.75) is 51.3 Å². The average molecular weight is 258 g/mol. The summed E-state index contributed by atoms with van der Waals surface area (Å²) in [5, 5.41) is 12.2. The summed E-state index contributed by atoms with van der Waals surface area (Å²) in [7, 11) is 1.95. The van der Waals surface area contributed by atoms with E-state index in [9.17, 15) is 4.79 Å². The van der Waals surface area contributed by atoms with E-state index < -0.39 is 12.0 Å². The van der Waals surface area contributed by atoms with Gasteiger partial charge in [0.1, 0.15) is 6.04 Å². The van der Waals surface area contributed by atoms with Crippen LogP contribution < -0.4 is 5.32 Å². The summed E-state index contributed by atoms with van der Waals surface area (Å²) in [6.07, 6.45) is 3.70. The predicted octanol–water partition coefficient (Wildman–Crippen LogP) is 0.939. The van der Waals surface area contributed by atoms with Gasteiger partial charge in [0, 0.05) is 25.7 Å². The lowest BCUT2D eigenvalue weighted by molar-refractivity contribution is -0.140. The van der Waals surface area contributed by atoms with Crippen molar-refractivity contribution in [3.8, 4) is 0 Å². The van der Waals surface area contributed by atoms with Gasteiger partial charge in [0.15, 0.2) is 0 Å². The number of carboxylic acid groups (broad SMARTS) is 1. The van der Waals surface area contributed by atoms with E-state index in [1.54, 1.807) is 0 Å². The van der Waals surface area contributed by atoms with Crippen molar-refractivity contribution in [2.24, 2.45) is 0 Å². The van der Waals surface area contributed by atoms with Crippen molar-refractivity contribution in [1.29, 1.82) is 0 Å². The molecule has 0 radical (unpaired) electrons. The standard InChI is InChI=1S/C13H26N2O3/c1-10(2)14-12(13(16)17)9-15(3)8-11-6-4-5-7-18-11/h10-12,14H,4-9H2,1-3H3,(H,16,17). The summed E-state index contributed by atoms with van der Waals surface area (Å²) in [5.41, 5.74) is 0. The highest BCUT2D eigenvalue weighted by Gasteiger charge is 2.22. The Morgan fingerprint density at radius 1 is 1.50 bits per heavy atom. The highest BCUT2D eigenvalue weighted by molar-refractivity contribution is 5.73. The first kappa shape index (κ1) is 15.4. The monoisotopic (exact) mass is 258 g/mol. The normalized spacial score (nSPS) is 22.4. The van der Waals surface area contributed by atoms with Gasteiger partial charge in [0.25, 0.3) is 0 Å². The van der Waals surface area contributed by atoms with Crippen LogP contribution in [-0.2, 0) is 9.53 Å². The lowest BCUT2D eigenvalue weighted by Gasteiger charge is -2.29. The second-order valence-corrected chi connectivity index (χ2v) is 5.42. The predicted molar refractivity (Wildman–Crippen MR) is 70.8 cm³/mol. The molecule has 2 N–H and O–H groups in total. The molecule has 1 heterocycles. The van der Waals surface area contributed by atoms with E-state index in [0.717, 1.165) is 26.0 Å². The maximum absolute atomic E-state index is 11.1. The number of carboxylic acids is 1. The maximum atomic E-state index is 11.1. The molecule has 5 heteroatoms. The van der Waals surface area contributed by atoms with E-state index in [-0.39, 0.29) is 12.1 Å². The molecule has 0 aromatic heterocycles. The first-order valence-electron chi connectivity index (χ1n) is 6.78. The summed E-state index contributed by atoms with van der Waals surface area (Å²) in [5.74, 6) is -0.792. The Kier molecular flexibility index (Phi) is 6.60. The van der Waals surface area contributed by atoms with Gasteiger partial charge in [-0.05, 0) is 26.3 Å². The van der Waals surface area contributed by atoms with Crippen molar-refractivity contribution in [2.75, 3.05) is 26.7 Å². The van der Waals surface area contributed by atoms with Gasteiger partial charge in [-0.15, -0.1) is 0 Å². The molecule has 2 atom stereocenters. The van der Waals surface area contributed by atoms with Gasteiger partial charge in [-0.1, -0.05) is 13.8 Å². The van der Waals surface area contributed by atoms with Gasteiger partial charge >= 0.3 is 5.97 Å². The van der Waals surface area contributed by atoms with Crippen LogP contribution in [-0.4, -0.2) is 60.9 Å². The molecule has 0 aliphatic carbocycles. The second-order valence-electron chi connectivity index (χ2n) is 5.42. The van der Waals surface area contributed by atoms with Gasteiger partial charge in [0.05, 0.1) is 6.10 Å². The van der Waals surface area contributed by atoms with E-state index >= 15 is 0 Å². The zero-order chi connectivity index (χ0) is 13.5. The average Bonchev–Trinajstić information content (AvgIpc) is 2.28. The number of likely N-dealkylation sites (N-methyl/N-ethyl adjacent to an activating group) is 1. The lowest BCUT2D eigenvalue weighted by atomic mass is 10.1. The molecule has 0 aromatic rings. The van der Waals surface area contributed by atoms with Crippen molar-refractivity contribution < 1.29 is 14.6 Å². The Hall–Kier alpha value is -0.650. The van der Waals surface area contributed by atoms with Crippen LogP contribution in [0.1, 0.15) is 33.1 Å². The number of hydrogen-bond acceptors (Lipinski definition) is 4. The molecule has 1 aliphatic heterocycles. The quantitative estimate of drug-likeness (QED) is 0.711. The highest BCUT2D eigenvalue weighted by Crippen LogP contribution is 2.13. The highest BCUT2D eigenvalue weighted by atomic mass is 16.5. The Morgan fingerprint density at radius 3 is 2.72 bits per heavy atom. The summed E-state index contributed by atoms with van der Waals surface area (Å²) in [6, 6.07) is -0.343. The van der Waals surface area contributed by atoms with Crippen molar-refractivity contribution in [3.05, 3.63) is 0 Å². The molecule has 0 saturated carbocycles. The van der Waals surface area contributed by atoms with Crippen molar-refractivity contribution in [1.82, 2.24) is 10.2 Å². The number of nitrogens with zero attached hydrogens (tertiary/aromatic N) is 1. The fraction of sp³-hybridized carbons (Fsp3) is 0.923. The number of hydrogen-bond donors (Lipinski definition) is 2. The third-order valence-corrected chi connectivity index (χ3v) is 3.12. The van der Waals surface area contributed by atoms with E-state index in [2.05, 4.69) is 5.32 Å². The molecule has 5 nitrogen and oxygen atoms in total. The molecular weight excluding hydrogens is 232 g/mol. The SMILES string of the molecule is CC(C)NC(CN(C)CC1CCCCO1)C(=O)O. The van der Waals surface area contributed by atoms with Gasteiger partial charge in [-0.3, -0.25) is 4.79 Å². The summed E-state index contributed by atoms with van der Waals surface area (Å²) in [6.45, 7) is 6.07. The van der Waals surface area contributed by atoms with E-state index in [1.165, 1.54) is 6.42 Å². The number of carbonyl (C=O) groups is 1. The zero-order valence-corrected chi connectivity index (χ0v) is 11.7. The molecule has 1 saturated heterocycles. The Balaban J connectivity index is 2.35. The molecule has 106 valence electrons. The van der Waals surface area contributed by atoms with Crippen LogP contribution in [0.4, 0.5) is 0 Å². The number of aliphatic carboxylic acids is 1. The molecule has 2 unspecified atom stereocenters. The van der Waals surface area contributed by atoms with Crippen LogP contribution in [0.3, 0.4) is 0 Å². The Bertz CT molecular complexity index is 253. The molecule has 0 aromatic carbocycles. The molecule has 0 amide bonds. The first-order chi connectivity index (χ1) is 8.49. The lowest BCUT2D eigenvalue weighted by Crippen LogP contribution is -2.49. The second kappa shape index (κ2) is 7.71. The number of ether oxygens (including phenoxy) is 1. The van der Waals surface area contributed by atoms with Crippen LogP contribution >= 0.6 is 0 Å². The molecule has 0 spiro atoms. The van der Waals surface area contributed by atoms with Crippen LogP contribution in [0.5, 0.6) is 0 Å². The molecule has 0 bridgehead atoms. The summed E-state index contributed by atoms with van der Waals surface area (Å²) < 4.78 is 5.66. The van der Waals surface area contributed by atoms with Crippen molar-refractivity contribution in [3.63, 3.8) is 0 Å². The van der Waals surface area contributed by atoms with Gasteiger partial charge < -0.3 is 20.1 Å². The van der Waals surface area contributed by atoms with Gasteiger partial charge in [0.2, 0.25) is 0 Å². The Morgan fingerprint density at radius 2 is 2.22 bits per heavy atom. The first-order valence-corrected chi connectivity index (χ1v) is 6.78. The van der Waals surface area contributed by atoms with E-state index in [1.807, 2.05) is 25.8 Å². The summed E-state index contributed by atoms with van der Waals surface area (Å²) in [4.78, 5) is 13.2. The fourth-order valence-electron chi connectivity index (χ4n) is 2.29. The minimum Gasteiger partial charge on any atom is -0.480 e. The zero-order valence-electron chi connectivity index (χ0n) is 11.7. The van der Waals surface area contributed by atoms with E-state index in [4.69, 9.17) is 9.84 Å². The number of rotatable bonds is 7. The molecule has 1 aliphatic rings.